The van der Waals surface area contributed by atoms with Gasteiger partial charge in [-0.1, -0.05) is 219 Å². The zero-order valence-electron chi connectivity index (χ0n) is 36.1. The van der Waals surface area contributed by atoms with Crippen LogP contribution in [0.2, 0.25) is 0 Å². The first-order valence-electron chi connectivity index (χ1n) is 23.6. The molecule has 54 heavy (non-hydrogen) atoms. The fraction of sp³-hybridized carbons (Fsp3) is 0.875. The van der Waals surface area contributed by atoms with Crippen molar-refractivity contribution in [2.45, 2.75) is 264 Å². The minimum atomic E-state index is -0.805. The number of rotatable bonds is 42. The third-order valence-corrected chi connectivity index (χ3v) is 10.8. The number of ether oxygens (including phenoxy) is 1. The molecule has 0 spiro atoms. The first kappa shape index (κ1) is 52.3. The molecule has 1 amide bonds. The maximum atomic E-state index is 13.1. The Morgan fingerprint density at radius 3 is 1.44 bits per heavy atom. The van der Waals surface area contributed by atoms with Crippen molar-refractivity contribution in [3.63, 3.8) is 0 Å². The second-order valence-corrected chi connectivity index (χ2v) is 16.2. The molecule has 0 aromatic carbocycles. The highest BCUT2D eigenvalue weighted by molar-refractivity contribution is 5.78. The van der Waals surface area contributed by atoms with Gasteiger partial charge in [0.1, 0.15) is 6.10 Å². The molecule has 0 bridgehead atoms. The number of nitrogens with one attached hydrogen (secondary N) is 1. The lowest BCUT2D eigenvalue weighted by molar-refractivity contribution is -0.148. The van der Waals surface area contributed by atoms with Gasteiger partial charge in [-0.3, -0.25) is 9.59 Å². The van der Waals surface area contributed by atoms with Gasteiger partial charge in [0.05, 0.1) is 25.2 Å². The topological polar surface area (TPSA) is 95.9 Å². The van der Waals surface area contributed by atoms with Crippen molar-refractivity contribution in [3.05, 3.63) is 24.3 Å². The van der Waals surface area contributed by atoms with E-state index in [0.717, 1.165) is 51.4 Å². The minimum absolute atomic E-state index is 0.0239. The Kier molecular flexibility index (Phi) is 41.2. The Hall–Kier alpha value is -1.66. The molecule has 0 heterocycles. The molecule has 0 radical (unpaired) electrons. The average Bonchev–Trinajstić information content (AvgIpc) is 3.16. The standard InChI is InChI=1S/C48H91NO5/c1-4-7-10-13-16-19-22-23-26-28-31-34-37-40-46(51)45(43-50)49-47(52)42-44(39-36-33-30-27-24-20-17-14-11-8-5-2)54-48(53)41-38-35-32-29-25-21-18-15-12-9-6-3/h27,30,36,39,44-46,50-51H,4-26,28-29,31-35,37-38,40-43H2,1-3H3,(H,49,52)/b30-27-,39-36+. The summed E-state index contributed by atoms with van der Waals surface area (Å²) in [4.78, 5) is 25.9. The molecule has 318 valence electrons. The van der Waals surface area contributed by atoms with Crippen LogP contribution in [0.25, 0.3) is 0 Å². The molecule has 0 aliphatic rings. The van der Waals surface area contributed by atoms with E-state index in [1.807, 2.05) is 12.2 Å². The van der Waals surface area contributed by atoms with Crippen molar-refractivity contribution >= 4 is 11.9 Å². The summed E-state index contributed by atoms with van der Waals surface area (Å²) >= 11 is 0. The van der Waals surface area contributed by atoms with E-state index in [4.69, 9.17) is 4.74 Å². The van der Waals surface area contributed by atoms with Crippen LogP contribution in [0, 0.1) is 0 Å². The van der Waals surface area contributed by atoms with E-state index in [2.05, 4.69) is 38.2 Å². The van der Waals surface area contributed by atoms with Crippen molar-refractivity contribution in [1.82, 2.24) is 5.32 Å². The highest BCUT2D eigenvalue weighted by Gasteiger charge is 2.23. The fourth-order valence-corrected chi connectivity index (χ4v) is 7.16. The lowest BCUT2D eigenvalue weighted by Crippen LogP contribution is -2.46. The molecule has 3 atom stereocenters. The molecule has 0 aliphatic heterocycles. The highest BCUT2D eigenvalue weighted by Crippen LogP contribution is 2.16. The van der Waals surface area contributed by atoms with E-state index in [0.29, 0.717) is 12.8 Å². The highest BCUT2D eigenvalue weighted by atomic mass is 16.5. The van der Waals surface area contributed by atoms with E-state index in [-0.39, 0.29) is 24.9 Å². The van der Waals surface area contributed by atoms with E-state index >= 15 is 0 Å². The fourth-order valence-electron chi connectivity index (χ4n) is 7.16. The summed E-state index contributed by atoms with van der Waals surface area (Å²) in [5, 5.41) is 23.6. The lowest BCUT2D eigenvalue weighted by atomic mass is 10.0. The Balaban J connectivity index is 4.62. The summed E-state index contributed by atoms with van der Waals surface area (Å²) in [5.74, 6) is -0.595. The molecule has 0 saturated heterocycles. The summed E-state index contributed by atoms with van der Waals surface area (Å²) in [5.41, 5.74) is 0. The number of allylic oxidation sites excluding steroid dienone is 3. The molecule has 0 fully saturated rings. The van der Waals surface area contributed by atoms with Crippen LogP contribution < -0.4 is 5.32 Å². The Morgan fingerprint density at radius 1 is 0.556 bits per heavy atom. The van der Waals surface area contributed by atoms with Crippen molar-refractivity contribution in [3.8, 4) is 0 Å². The molecular weight excluding hydrogens is 671 g/mol. The normalized spacial score (nSPS) is 13.5. The number of carbonyl (C=O) groups is 2. The Bertz CT molecular complexity index is 858. The number of aliphatic hydroxyl groups excluding tert-OH is 2. The Morgan fingerprint density at radius 2 is 0.981 bits per heavy atom. The minimum Gasteiger partial charge on any atom is -0.458 e. The zero-order valence-corrected chi connectivity index (χ0v) is 36.1. The maximum Gasteiger partial charge on any atom is 0.306 e. The Labute approximate surface area is 335 Å². The lowest BCUT2D eigenvalue weighted by Gasteiger charge is -2.23. The van der Waals surface area contributed by atoms with Gasteiger partial charge in [-0.05, 0) is 38.2 Å². The average molecular weight is 762 g/mol. The molecule has 6 heteroatoms. The van der Waals surface area contributed by atoms with Crippen molar-refractivity contribution in [2.24, 2.45) is 0 Å². The second-order valence-electron chi connectivity index (χ2n) is 16.2. The van der Waals surface area contributed by atoms with E-state index < -0.39 is 18.2 Å². The first-order chi connectivity index (χ1) is 26.5. The summed E-state index contributed by atoms with van der Waals surface area (Å²) in [6.07, 6.45) is 46.9. The van der Waals surface area contributed by atoms with Gasteiger partial charge < -0.3 is 20.3 Å². The van der Waals surface area contributed by atoms with Crippen molar-refractivity contribution in [2.75, 3.05) is 6.61 Å². The SMILES string of the molecule is CCCCCCCC/C=C\C/C=C/C(CC(=O)NC(CO)C(O)CCCCCCCCCCCCCCC)OC(=O)CCCCCCCCCCCCC. The van der Waals surface area contributed by atoms with Gasteiger partial charge in [0.25, 0.3) is 0 Å². The van der Waals surface area contributed by atoms with Crippen LogP contribution in [0.3, 0.4) is 0 Å². The van der Waals surface area contributed by atoms with Gasteiger partial charge in [0.2, 0.25) is 5.91 Å². The number of hydrogen-bond acceptors (Lipinski definition) is 5. The van der Waals surface area contributed by atoms with Crippen LogP contribution in [0.15, 0.2) is 24.3 Å². The van der Waals surface area contributed by atoms with Crippen LogP contribution >= 0.6 is 0 Å². The van der Waals surface area contributed by atoms with Crippen LogP contribution in [-0.2, 0) is 14.3 Å². The summed E-state index contributed by atoms with van der Waals surface area (Å²) in [7, 11) is 0. The number of aliphatic hydroxyl groups is 2. The molecule has 3 N–H and O–H groups in total. The van der Waals surface area contributed by atoms with Crippen LogP contribution in [0.1, 0.15) is 245 Å². The molecule has 0 aromatic rings. The van der Waals surface area contributed by atoms with Crippen LogP contribution in [0.5, 0.6) is 0 Å². The molecule has 0 aliphatic carbocycles. The molecule has 6 nitrogen and oxygen atoms in total. The monoisotopic (exact) mass is 762 g/mol. The van der Waals surface area contributed by atoms with E-state index in [1.165, 1.54) is 154 Å². The van der Waals surface area contributed by atoms with E-state index in [9.17, 15) is 19.8 Å². The van der Waals surface area contributed by atoms with Gasteiger partial charge in [-0.25, -0.2) is 0 Å². The third kappa shape index (κ3) is 37.3. The van der Waals surface area contributed by atoms with Crippen molar-refractivity contribution in [1.29, 1.82) is 0 Å². The second kappa shape index (κ2) is 42.5. The molecule has 3 unspecified atom stereocenters. The first-order valence-corrected chi connectivity index (χ1v) is 23.6. The largest absolute Gasteiger partial charge is 0.458 e. The van der Waals surface area contributed by atoms with Crippen LogP contribution in [0.4, 0.5) is 0 Å². The molecule has 0 saturated carbocycles. The number of esters is 1. The van der Waals surface area contributed by atoms with Gasteiger partial charge in [0.15, 0.2) is 0 Å². The van der Waals surface area contributed by atoms with Crippen LogP contribution in [-0.4, -0.2) is 46.9 Å². The molecular formula is C48H91NO5. The maximum absolute atomic E-state index is 13.1. The van der Waals surface area contributed by atoms with Crippen molar-refractivity contribution < 1.29 is 24.5 Å². The number of carbonyl (C=O) groups excluding carboxylic acids is 2. The van der Waals surface area contributed by atoms with Gasteiger partial charge in [0, 0.05) is 6.42 Å². The number of amides is 1. The summed E-state index contributed by atoms with van der Waals surface area (Å²) in [6, 6.07) is -0.726. The van der Waals surface area contributed by atoms with Gasteiger partial charge in [-0.15, -0.1) is 0 Å². The predicted molar refractivity (Wildman–Crippen MR) is 232 cm³/mol. The quantitative estimate of drug-likeness (QED) is 0.0327. The zero-order chi connectivity index (χ0) is 39.6. The molecule has 0 rings (SSSR count). The predicted octanol–water partition coefficient (Wildman–Crippen LogP) is 13.6. The summed E-state index contributed by atoms with van der Waals surface area (Å²) in [6.45, 7) is 6.43. The number of unbranched alkanes of at least 4 members (excludes halogenated alkanes) is 28. The third-order valence-electron chi connectivity index (χ3n) is 10.8. The van der Waals surface area contributed by atoms with Gasteiger partial charge >= 0.3 is 5.97 Å². The smallest absolute Gasteiger partial charge is 0.306 e. The molecule has 0 aromatic heterocycles. The van der Waals surface area contributed by atoms with Gasteiger partial charge in [-0.2, -0.15) is 0 Å². The summed E-state index contributed by atoms with van der Waals surface area (Å²) < 4.78 is 5.80. The number of hydrogen-bond donors (Lipinski definition) is 3. The van der Waals surface area contributed by atoms with E-state index in [1.54, 1.807) is 0 Å².